The average Bonchev–Trinajstić information content (AvgIpc) is 2.38. The van der Waals surface area contributed by atoms with Crippen molar-refractivity contribution in [3.8, 4) is 0 Å². The Morgan fingerprint density at radius 2 is 2.05 bits per heavy atom. The van der Waals surface area contributed by atoms with Gasteiger partial charge in [-0.05, 0) is 19.1 Å². The Balaban J connectivity index is 2.90. The molecule has 0 aromatic carbocycles. The lowest BCUT2D eigenvalue weighted by atomic mass is 10.1. The Bertz CT molecular complexity index is 746. The van der Waals surface area contributed by atoms with Crippen LogP contribution in [-0.2, 0) is 6.54 Å². The lowest BCUT2D eigenvalue weighted by Gasteiger charge is -2.09. The van der Waals surface area contributed by atoms with Crippen LogP contribution in [0.2, 0.25) is 0 Å². The third-order valence-electron chi connectivity index (χ3n) is 2.85. The van der Waals surface area contributed by atoms with E-state index in [0.717, 1.165) is 0 Å². The summed E-state index contributed by atoms with van der Waals surface area (Å²) in [6.45, 7) is 3.64. The van der Waals surface area contributed by atoms with Crippen LogP contribution >= 0.6 is 0 Å². The van der Waals surface area contributed by atoms with Crippen LogP contribution in [0.25, 0.3) is 11.0 Å². The number of aromatic carboxylic acids is 1. The molecule has 0 aliphatic heterocycles. The second-order valence-corrected chi connectivity index (χ2v) is 4.09. The molecule has 0 saturated carbocycles. The maximum atomic E-state index is 12.0. The normalized spacial score (nSPS) is 10.6. The summed E-state index contributed by atoms with van der Waals surface area (Å²) in [6, 6.07) is 2.87. The van der Waals surface area contributed by atoms with Crippen molar-refractivity contribution in [1.82, 2.24) is 9.55 Å². The quantitative estimate of drug-likeness (QED) is 0.840. The lowest BCUT2D eigenvalue weighted by molar-refractivity contribution is 0.0694. The van der Waals surface area contributed by atoms with Crippen LogP contribution in [0.3, 0.4) is 0 Å². The predicted octanol–water partition coefficient (Wildman–Crippen LogP) is 1.32. The summed E-state index contributed by atoms with van der Waals surface area (Å²) in [6.07, 6.45) is 1.25. The van der Waals surface area contributed by atoms with Crippen molar-refractivity contribution in [3.63, 3.8) is 0 Å². The molecule has 0 unspecified atom stereocenters. The fraction of sp³-hybridized carbons (Fsp3) is 0.231. The van der Waals surface area contributed by atoms with Crippen molar-refractivity contribution < 1.29 is 14.7 Å². The number of hydrogen-bond donors (Lipinski definition) is 1. The van der Waals surface area contributed by atoms with Crippen molar-refractivity contribution in [2.24, 2.45) is 0 Å². The summed E-state index contributed by atoms with van der Waals surface area (Å²) >= 11 is 0. The Labute approximate surface area is 108 Å². The first-order valence-corrected chi connectivity index (χ1v) is 5.74. The monoisotopic (exact) mass is 260 g/mol. The van der Waals surface area contributed by atoms with Crippen LogP contribution < -0.4 is 5.43 Å². The van der Waals surface area contributed by atoms with E-state index in [1.54, 1.807) is 11.5 Å². The molecule has 0 aliphatic carbocycles. The van der Waals surface area contributed by atoms with E-state index in [1.807, 2.05) is 0 Å². The van der Waals surface area contributed by atoms with Crippen LogP contribution in [0.4, 0.5) is 0 Å². The highest BCUT2D eigenvalue weighted by atomic mass is 16.4. The van der Waals surface area contributed by atoms with Gasteiger partial charge in [-0.3, -0.25) is 9.59 Å². The fourth-order valence-corrected chi connectivity index (χ4v) is 1.85. The zero-order chi connectivity index (χ0) is 14.2. The van der Waals surface area contributed by atoms with Gasteiger partial charge in [0, 0.05) is 19.7 Å². The molecule has 6 heteroatoms. The standard InChI is InChI=1S/C13H12N2O4/c1-3-15-6-9(13(18)19)11(17)8-4-5-10(7(2)16)14-12(8)15/h4-6H,3H2,1-2H3,(H,18,19). The van der Waals surface area contributed by atoms with Crippen LogP contribution in [-0.4, -0.2) is 26.4 Å². The van der Waals surface area contributed by atoms with E-state index in [2.05, 4.69) is 4.98 Å². The van der Waals surface area contributed by atoms with Gasteiger partial charge in [-0.25, -0.2) is 9.78 Å². The molecule has 0 fully saturated rings. The first-order valence-electron chi connectivity index (χ1n) is 5.74. The van der Waals surface area contributed by atoms with Gasteiger partial charge < -0.3 is 9.67 Å². The molecule has 6 nitrogen and oxygen atoms in total. The fourth-order valence-electron chi connectivity index (χ4n) is 1.85. The molecule has 2 rings (SSSR count). The second kappa shape index (κ2) is 4.64. The van der Waals surface area contributed by atoms with Gasteiger partial charge in [-0.15, -0.1) is 0 Å². The number of carboxylic acids is 1. The van der Waals surface area contributed by atoms with Gasteiger partial charge in [0.2, 0.25) is 5.43 Å². The van der Waals surface area contributed by atoms with E-state index in [4.69, 9.17) is 5.11 Å². The number of aryl methyl sites for hydroxylation is 1. The Morgan fingerprint density at radius 3 is 2.58 bits per heavy atom. The van der Waals surface area contributed by atoms with Crippen molar-refractivity contribution in [1.29, 1.82) is 0 Å². The Kier molecular flexibility index (Phi) is 3.16. The number of nitrogens with zero attached hydrogens (tertiary/aromatic N) is 2. The number of ketones is 1. The van der Waals surface area contributed by atoms with Crippen LogP contribution in [0, 0.1) is 0 Å². The van der Waals surface area contributed by atoms with Gasteiger partial charge in [0.15, 0.2) is 5.78 Å². The van der Waals surface area contributed by atoms with Gasteiger partial charge in [-0.2, -0.15) is 0 Å². The molecule has 0 spiro atoms. The largest absolute Gasteiger partial charge is 0.477 e. The third kappa shape index (κ3) is 2.12. The van der Waals surface area contributed by atoms with Gasteiger partial charge in [0.05, 0.1) is 5.39 Å². The molecule has 19 heavy (non-hydrogen) atoms. The van der Waals surface area contributed by atoms with E-state index in [9.17, 15) is 14.4 Å². The topological polar surface area (TPSA) is 89.3 Å². The summed E-state index contributed by atoms with van der Waals surface area (Å²) in [5, 5.41) is 9.20. The van der Waals surface area contributed by atoms with E-state index >= 15 is 0 Å². The van der Waals surface area contributed by atoms with Gasteiger partial charge in [0.1, 0.15) is 16.9 Å². The minimum absolute atomic E-state index is 0.201. The highest BCUT2D eigenvalue weighted by Crippen LogP contribution is 2.11. The summed E-state index contributed by atoms with van der Waals surface area (Å²) in [5.74, 6) is -1.48. The molecule has 0 bridgehead atoms. The zero-order valence-corrected chi connectivity index (χ0v) is 10.5. The van der Waals surface area contributed by atoms with E-state index in [0.29, 0.717) is 12.2 Å². The molecule has 2 aromatic rings. The van der Waals surface area contributed by atoms with E-state index in [-0.39, 0.29) is 22.4 Å². The predicted molar refractivity (Wildman–Crippen MR) is 68.6 cm³/mol. The minimum Gasteiger partial charge on any atom is -0.477 e. The highest BCUT2D eigenvalue weighted by Gasteiger charge is 2.15. The number of carbonyl (C=O) groups excluding carboxylic acids is 1. The molecule has 2 heterocycles. The second-order valence-electron chi connectivity index (χ2n) is 4.09. The highest BCUT2D eigenvalue weighted by molar-refractivity contribution is 5.95. The molecule has 0 aliphatic rings. The molecule has 1 N–H and O–H groups in total. The number of Topliss-reactive ketones (excluding diaryl/α,β-unsaturated/α-hetero) is 1. The van der Waals surface area contributed by atoms with Crippen LogP contribution in [0.5, 0.6) is 0 Å². The number of pyridine rings is 2. The number of fused-ring (bicyclic) bond motifs is 1. The molecule has 98 valence electrons. The maximum Gasteiger partial charge on any atom is 0.341 e. The smallest absolute Gasteiger partial charge is 0.341 e. The van der Waals surface area contributed by atoms with Crippen LogP contribution in [0.15, 0.2) is 23.1 Å². The summed E-state index contributed by atoms with van der Waals surface area (Å²) in [7, 11) is 0. The van der Waals surface area contributed by atoms with E-state index < -0.39 is 11.4 Å². The first kappa shape index (κ1) is 12.9. The van der Waals surface area contributed by atoms with Crippen molar-refractivity contribution in [3.05, 3.63) is 39.8 Å². The Hall–Kier alpha value is -2.50. The Morgan fingerprint density at radius 1 is 1.37 bits per heavy atom. The molecule has 2 aromatic heterocycles. The summed E-state index contributed by atoms with van der Waals surface area (Å²) in [4.78, 5) is 38.5. The molecular weight excluding hydrogens is 248 g/mol. The van der Waals surface area contributed by atoms with Crippen molar-refractivity contribution >= 4 is 22.8 Å². The number of hydrogen-bond acceptors (Lipinski definition) is 4. The third-order valence-corrected chi connectivity index (χ3v) is 2.85. The SMILES string of the molecule is CCn1cc(C(=O)O)c(=O)c2ccc(C(C)=O)nc21. The van der Waals surface area contributed by atoms with Crippen LogP contribution in [0.1, 0.15) is 34.7 Å². The number of aromatic nitrogens is 2. The van der Waals surface area contributed by atoms with Gasteiger partial charge >= 0.3 is 5.97 Å². The number of carbonyl (C=O) groups is 2. The summed E-state index contributed by atoms with van der Waals surface area (Å²) < 4.78 is 1.55. The number of rotatable bonds is 3. The molecule has 0 saturated heterocycles. The van der Waals surface area contributed by atoms with E-state index in [1.165, 1.54) is 25.3 Å². The number of carboxylic acid groups (broad SMARTS) is 1. The molecule has 0 radical (unpaired) electrons. The molecular formula is C13H12N2O4. The van der Waals surface area contributed by atoms with Crippen molar-refractivity contribution in [2.45, 2.75) is 20.4 Å². The maximum absolute atomic E-state index is 12.0. The zero-order valence-electron chi connectivity index (χ0n) is 10.5. The molecule has 0 atom stereocenters. The lowest BCUT2D eigenvalue weighted by Crippen LogP contribution is -2.19. The molecule has 0 amide bonds. The van der Waals surface area contributed by atoms with Gasteiger partial charge in [0.25, 0.3) is 0 Å². The van der Waals surface area contributed by atoms with Crippen molar-refractivity contribution in [2.75, 3.05) is 0 Å². The first-order chi connectivity index (χ1) is 8.95. The average molecular weight is 260 g/mol. The summed E-state index contributed by atoms with van der Waals surface area (Å²) in [5.41, 5.74) is -0.316. The minimum atomic E-state index is -1.27. The van der Waals surface area contributed by atoms with Gasteiger partial charge in [-0.1, -0.05) is 0 Å².